The minimum atomic E-state index is -5.75. The largest absolute Gasteiger partial charge is 0.534 e. The van der Waals surface area contributed by atoms with Crippen LogP contribution in [0.3, 0.4) is 0 Å². The Hall–Kier alpha value is -0.830. The predicted octanol–water partition coefficient (Wildman–Crippen LogP) is 3.13. The molecule has 0 aromatic heterocycles. The van der Waals surface area contributed by atoms with Crippen LogP contribution in [0, 0.1) is 12.7 Å². The molecule has 0 fully saturated rings. The Bertz CT molecular complexity index is 538. The maximum atomic E-state index is 13.0. The first-order chi connectivity index (χ1) is 7.54. The highest BCUT2D eigenvalue weighted by molar-refractivity contribution is 9.10. The van der Waals surface area contributed by atoms with E-state index in [1.807, 2.05) is 0 Å². The van der Waals surface area contributed by atoms with Crippen molar-refractivity contribution >= 4 is 26.0 Å². The molecule has 1 aromatic rings. The number of aryl methyl sites for hydroxylation is 1. The predicted molar refractivity (Wildman–Crippen MR) is 54.4 cm³/mol. The molecule has 0 aliphatic carbocycles. The van der Waals surface area contributed by atoms with E-state index in [0.29, 0.717) is 0 Å². The number of rotatable bonds is 2. The zero-order chi connectivity index (χ0) is 13.4. The molecule has 9 heteroatoms. The number of benzene rings is 1. The Labute approximate surface area is 103 Å². The molecule has 3 nitrogen and oxygen atoms in total. The lowest BCUT2D eigenvalue weighted by Crippen LogP contribution is -2.28. The van der Waals surface area contributed by atoms with Crippen molar-refractivity contribution < 1.29 is 30.2 Å². The highest BCUT2D eigenvalue weighted by atomic mass is 79.9. The van der Waals surface area contributed by atoms with E-state index in [-0.39, 0.29) is 10.0 Å². The van der Waals surface area contributed by atoms with Gasteiger partial charge in [-0.3, -0.25) is 0 Å². The summed E-state index contributed by atoms with van der Waals surface area (Å²) in [6, 6.07) is 1.67. The van der Waals surface area contributed by atoms with E-state index in [0.717, 1.165) is 12.1 Å². The van der Waals surface area contributed by atoms with E-state index in [1.54, 1.807) is 0 Å². The molecule has 0 amide bonds. The van der Waals surface area contributed by atoms with Gasteiger partial charge in [0.2, 0.25) is 0 Å². The summed E-state index contributed by atoms with van der Waals surface area (Å²) >= 11 is 2.71. The topological polar surface area (TPSA) is 43.4 Å². The molecule has 96 valence electrons. The van der Waals surface area contributed by atoms with Gasteiger partial charge in [-0.25, -0.2) is 4.39 Å². The molecule has 0 saturated heterocycles. The van der Waals surface area contributed by atoms with Crippen molar-refractivity contribution in [1.29, 1.82) is 0 Å². The Morgan fingerprint density at radius 3 is 2.29 bits per heavy atom. The van der Waals surface area contributed by atoms with Gasteiger partial charge in [0.15, 0.2) is 0 Å². The summed E-state index contributed by atoms with van der Waals surface area (Å²) in [5, 5.41) is 0. The summed E-state index contributed by atoms with van der Waals surface area (Å²) in [4.78, 5) is 0. The van der Waals surface area contributed by atoms with Crippen LogP contribution in [0.2, 0.25) is 0 Å². The number of hydrogen-bond donors (Lipinski definition) is 0. The average Bonchev–Trinajstić information content (AvgIpc) is 2.12. The first-order valence-corrected chi connectivity index (χ1v) is 6.21. The average molecular weight is 337 g/mol. The number of halogens is 5. The van der Waals surface area contributed by atoms with Gasteiger partial charge >= 0.3 is 15.6 Å². The van der Waals surface area contributed by atoms with Gasteiger partial charge in [0.25, 0.3) is 0 Å². The zero-order valence-electron chi connectivity index (χ0n) is 8.18. The fourth-order valence-corrected chi connectivity index (χ4v) is 1.72. The van der Waals surface area contributed by atoms with Crippen LogP contribution in [-0.2, 0) is 10.1 Å². The normalized spacial score (nSPS) is 12.6. The molecule has 1 aromatic carbocycles. The standard InChI is InChI=1S/C8H5BrF4O3S/c1-4-2-6(10)5(9)3-7(4)16-17(14,15)8(11,12)13/h2-3H,1H3. The van der Waals surface area contributed by atoms with Gasteiger partial charge in [0, 0.05) is 0 Å². The van der Waals surface area contributed by atoms with Crippen LogP contribution in [0.4, 0.5) is 17.6 Å². The first-order valence-electron chi connectivity index (χ1n) is 4.01. The molecule has 17 heavy (non-hydrogen) atoms. The van der Waals surface area contributed by atoms with Crippen molar-refractivity contribution in [3.63, 3.8) is 0 Å². The molecule has 0 saturated carbocycles. The van der Waals surface area contributed by atoms with Crippen LogP contribution < -0.4 is 4.18 Å². The smallest absolute Gasteiger partial charge is 0.376 e. The summed E-state index contributed by atoms with van der Waals surface area (Å²) in [5.74, 6) is -1.32. The number of hydrogen-bond acceptors (Lipinski definition) is 3. The van der Waals surface area contributed by atoms with E-state index in [4.69, 9.17) is 0 Å². The van der Waals surface area contributed by atoms with E-state index in [2.05, 4.69) is 20.1 Å². The van der Waals surface area contributed by atoms with Crippen molar-refractivity contribution in [2.24, 2.45) is 0 Å². The second kappa shape index (κ2) is 4.45. The summed E-state index contributed by atoms with van der Waals surface area (Å²) in [6.45, 7) is 1.22. The summed E-state index contributed by atoms with van der Waals surface area (Å²) in [5.41, 5.74) is -5.60. The molecule has 1 rings (SSSR count). The minimum absolute atomic E-state index is 0.0708. The van der Waals surface area contributed by atoms with E-state index >= 15 is 0 Å². The lowest BCUT2D eigenvalue weighted by atomic mass is 10.2. The van der Waals surface area contributed by atoms with E-state index < -0.39 is 27.2 Å². The van der Waals surface area contributed by atoms with Gasteiger partial charge < -0.3 is 4.18 Å². The molecule has 0 spiro atoms. The molecule has 0 bridgehead atoms. The molecular weight excluding hydrogens is 332 g/mol. The third-order valence-electron chi connectivity index (χ3n) is 1.70. The summed E-state index contributed by atoms with van der Waals surface area (Å²) in [7, 11) is -5.75. The minimum Gasteiger partial charge on any atom is -0.376 e. The van der Waals surface area contributed by atoms with Crippen molar-refractivity contribution in [1.82, 2.24) is 0 Å². The third-order valence-corrected chi connectivity index (χ3v) is 3.27. The maximum Gasteiger partial charge on any atom is 0.534 e. The van der Waals surface area contributed by atoms with Gasteiger partial charge in [-0.05, 0) is 40.5 Å². The van der Waals surface area contributed by atoms with Crippen LogP contribution in [0.15, 0.2) is 16.6 Å². The monoisotopic (exact) mass is 336 g/mol. The molecule has 0 heterocycles. The molecule has 0 atom stereocenters. The molecule has 0 aliphatic rings. The lowest BCUT2D eigenvalue weighted by molar-refractivity contribution is -0.0500. The fraction of sp³-hybridized carbons (Fsp3) is 0.250. The van der Waals surface area contributed by atoms with Gasteiger partial charge in [-0.2, -0.15) is 21.6 Å². The van der Waals surface area contributed by atoms with Gasteiger partial charge in [-0.1, -0.05) is 0 Å². The van der Waals surface area contributed by atoms with Crippen molar-refractivity contribution in [3.05, 3.63) is 28.0 Å². The second-order valence-corrected chi connectivity index (χ2v) is 5.41. The highest BCUT2D eigenvalue weighted by Gasteiger charge is 2.48. The van der Waals surface area contributed by atoms with Crippen LogP contribution in [0.5, 0.6) is 5.75 Å². The Balaban J connectivity index is 3.18. The fourth-order valence-electron chi connectivity index (χ4n) is 0.883. The van der Waals surface area contributed by atoms with Gasteiger partial charge in [-0.15, -0.1) is 0 Å². The van der Waals surface area contributed by atoms with Crippen LogP contribution >= 0.6 is 15.9 Å². The van der Waals surface area contributed by atoms with Crippen LogP contribution in [0.25, 0.3) is 0 Å². The quantitative estimate of drug-likeness (QED) is 0.473. The molecule has 0 N–H and O–H groups in total. The van der Waals surface area contributed by atoms with Gasteiger partial charge in [0.05, 0.1) is 4.47 Å². The Morgan fingerprint density at radius 1 is 1.29 bits per heavy atom. The second-order valence-electron chi connectivity index (χ2n) is 3.02. The first kappa shape index (κ1) is 14.2. The molecular formula is C8H5BrF4O3S. The lowest BCUT2D eigenvalue weighted by Gasteiger charge is -2.11. The Morgan fingerprint density at radius 2 is 1.82 bits per heavy atom. The van der Waals surface area contributed by atoms with Crippen molar-refractivity contribution in [2.45, 2.75) is 12.4 Å². The van der Waals surface area contributed by atoms with E-state index in [1.165, 1.54) is 6.92 Å². The molecule has 0 unspecified atom stereocenters. The Kier molecular flexibility index (Phi) is 3.72. The van der Waals surface area contributed by atoms with Crippen LogP contribution in [0.1, 0.15) is 5.56 Å². The van der Waals surface area contributed by atoms with Crippen molar-refractivity contribution in [3.8, 4) is 5.75 Å². The summed E-state index contributed by atoms with van der Waals surface area (Å²) < 4.78 is 74.2. The third kappa shape index (κ3) is 3.09. The van der Waals surface area contributed by atoms with E-state index in [9.17, 15) is 26.0 Å². The number of alkyl halides is 3. The van der Waals surface area contributed by atoms with Crippen molar-refractivity contribution in [2.75, 3.05) is 0 Å². The van der Waals surface area contributed by atoms with Gasteiger partial charge in [0.1, 0.15) is 11.6 Å². The molecule has 0 aliphatic heterocycles. The highest BCUT2D eigenvalue weighted by Crippen LogP contribution is 2.31. The maximum absolute atomic E-state index is 13.0. The molecule has 0 radical (unpaired) electrons. The zero-order valence-corrected chi connectivity index (χ0v) is 10.6. The SMILES string of the molecule is Cc1cc(F)c(Br)cc1OS(=O)(=O)C(F)(F)F. The summed E-state index contributed by atoms with van der Waals surface area (Å²) in [6.07, 6.45) is 0. The van der Waals surface area contributed by atoms with Crippen LogP contribution in [-0.4, -0.2) is 13.9 Å².